The van der Waals surface area contributed by atoms with Crippen LogP contribution in [-0.4, -0.2) is 35.8 Å². The molecule has 0 unspecified atom stereocenters. The van der Waals surface area contributed by atoms with E-state index in [0.29, 0.717) is 18.5 Å². The highest BCUT2D eigenvalue weighted by atomic mass is 19.1. The standard InChI is InChI=1S/C24H22FN3O3/c1-24(20-8-4-6-17-5-2-3-7-19(17)20)22(30)28(23(31)27-24)15-21(29)26-14-13-16-9-11-18(25)12-10-16/h2-12H,13-15H2,1H3,(H,26,29)(H,27,31)/t24-/m1/s1. The second kappa shape index (κ2) is 8.18. The monoisotopic (exact) mass is 419 g/mol. The third kappa shape index (κ3) is 3.99. The molecule has 1 aliphatic rings. The predicted octanol–water partition coefficient (Wildman–Crippen LogP) is 3.10. The number of fused-ring (bicyclic) bond motifs is 1. The Balaban J connectivity index is 1.44. The first-order chi connectivity index (χ1) is 14.9. The molecule has 0 bridgehead atoms. The SMILES string of the molecule is C[C@]1(c2cccc3ccccc23)NC(=O)N(CC(=O)NCCc2ccc(F)cc2)C1=O. The van der Waals surface area contributed by atoms with Crippen LogP contribution >= 0.6 is 0 Å². The highest BCUT2D eigenvalue weighted by Crippen LogP contribution is 2.33. The van der Waals surface area contributed by atoms with Crippen LogP contribution in [0, 0.1) is 5.82 Å². The zero-order valence-electron chi connectivity index (χ0n) is 17.0. The summed E-state index contributed by atoms with van der Waals surface area (Å²) in [6, 6.07) is 18.6. The zero-order valence-corrected chi connectivity index (χ0v) is 17.0. The van der Waals surface area contributed by atoms with Crippen molar-refractivity contribution in [1.29, 1.82) is 0 Å². The fraction of sp³-hybridized carbons (Fsp3) is 0.208. The van der Waals surface area contributed by atoms with Gasteiger partial charge in [0, 0.05) is 6.54 Å². The number of nitrogens with zero attached hydrogens (tertiary/aromatic N) is 1. The molecule has 0 saturated carbocycles. The zero-order chi connectivity index (χ0) is 22.0. The summed E-state index contributed by atoms with van der Waals surface area (Å²) in [6.45, 7) is 1.60. The molecule has 31 heavy (non-hydrogen) atoms. The van der Waals surface area contributed by atoms with Gasteiger partial charge in [-0.25, -0.2) is 9.18 Å². The summed E-state index contributed by atoms with van der Waals surface area (Å²) in [4.78, 5) is 39.0. The van der Waals surface area contributed by atoms with Crippen LogP contribution in [0.4, 0.5) is 9.18 Å². The smallest absolute Gasteiger partial charge is 0.325 e. The van der Waals surface area contributed by atoms with E-state index in [-0.39, 0.29) is 12.4 Å². The van der Waals surface area contributed by atoms with Gasteiger partial charge in [-0.05, 0) is 47.4 Å². The van der Waals surface area contributed by atoms with E-state index in [1.165, 1.54) is 12.1 Å². The van der Waals surface area contributed by atoms with Crippen molar-refractivity contribution in [2.75, 3.05) is 13.1 Å². The van der Waals surface area contributed by atoms with Crippen molar-refractivity contribution in [3.05, 3.63) is 83.7 Å². The Bertz CT molecular complexity index is 1160. The van der Waals surface area contributed by atoms with Gasteiger partial charge in [-0.2, -0.15) is 0 Å². The van der Waals surface area contributed by atoms with Crippen LogP contribution in [0.2, 0.25) is 0 Å². The lowest BCUT2D eigenvalue weighted by Gasteiger charge is -2.24. The van der Waals surface area contributed by atoms with Crippen molar-refractivity contribution in [3.63, 3.8) is 0 Å². The van der Waals surface area contributed by atoms with Crippen molar-refractivity contribution in [1.82, 2.24) is 15.5 Å². The van der Waals surface area contributed by atoms with Gasteiger partial charge in [0.15, 0.2) is 0 Å². The fourth-order valence-corrected chi connectivity index (χ4v) is 3.88. The first kappa shape index (κ1) is 20.5. The van der Waals surface area contributed by atoms with Crippen molar-refractivity contribution in [3.8, 4) is 0 Å². The van der Waals surface area contributed by atoms with Crippen LogP contribution in [0.3, 0.4) is 0 Å². The van der Waals surface area contributed by atoms with Gasteiger partial charge >= 0.3 is 6.03 Å². The molecule has 3 aromatic carbocycles. The normalized spacial score (nSPS) is 18.3. The molecular formula is C24H22FN3O3. The molecular weight excluding hydrogens is 397 g/mol. The van der Waals surface area contributed by atoms with E-state index in [2.05, 4.69) is 10.6 Å². The quantitative estimate of drug-likeness (QED) is 0.603. The van der Waals surface area contributed by atoms with E-state index in [4.69, 9.17) is 0 Å². The van der Waals surface area contributed by atoms with Gasteiger partial charge in [-0.1, -0.05) is 54.6 Å². The first-order valence-electron chi connectivity index (χ1n) is 10.0. The van der Waals surface area contributed by atoms with Crippen LogP contribution in [0.1, 0.15) is 18.1 Å². The van der Waals surface area contributed by atoms with Gasteiger partial charge in [0.05, 0.1) is 0 Å². The van der Waals surface area contributed by atoms with Crippen LogP contribution in [0.5, 0.6) is 0 Å². The van der Waals surface area contributed by atoms with Gasteiger partial charge in [0.2, 0.25) is 5.91 Å². The summed E-state index contributed by atoms with van der Waals surface area (Å²) in [5.41, 5.74) is 0.301. The highest BCUT2D eigenvalue weighted by molar-refractivity contribution is 6.10. The molecule has 0 aromatic heterocycles. The Morgan fingerprint density at radius 1 is 1.03 bits per heavy atom. The van der Waals surface area contributed by atoms with Crippen LogP contribution in [0.25, 0.3) is 10.8 Å². The number of halogens is 1. The summed E-state index contributed by atoms with van der Waals surface area (Å²) in [5, 5.41) is 7.28. The molecule has 0 spiro atoms. The summed E-state index contributed by atoms with van der Waals surface area (Å²) in [6.07, 6.45) is 0.514. The molecule has 6 nitrogen and oxygen atoms in total. The Morgan fingerprint density at radius 2 is 1.74 bits per heavy atom. The van der Waals surface area contributed by atoms with Gasteiger partial charge in [-0.3, -0.25) is 14.5 Å². The van der Waals surface area contributed by atoms with Gasteiger partial charge in [-0.15, -0.1) is 0 Å². The number of nitrogens with one attached hydrogen (secondary N) is 2. The van der Waals surface area contributed by atoms with Crippen LogP contribution in [-0.2, 0) is 21.5 Å². The Hall–Kier alpha value is -3.74. The molecule has 1 heterocycles. The highest BCUT2D eigenvalue weighted by Gasteiger charge is 2.50. The molecule has 158 valence electrons. The van der Waals surface area contributed by atoms with E-state index in [1.54, 1.807) is 19.1 Å². The number of amides is 4. The van der Waals surface area contributed by atoms with Gasteiger partial charge < -0.3 is 10.6 Å². The number of hydrogen-bond acceptors (Lipinski definition) is 3. The Morgan fingerprint density at radius 3 is 2.52 bits per heavy atom. The lowest BCUT2D eigenvalue weighted by molar-refractivity contribution is -0.134. The van der Waals surface area contributed by atoms with Gasteiger partial charge in [0.25, 0.3) is 5.91 Å². The number of benzene rings is 3. The van der Waals surface area contributed by atoms with Gasteiger partial charge in [0.1, 0.15) is 17.9 Å². The molecule has 0 aliphatic carbocycles. The summed E-state index contributed by atoms with van der Waals surface area (Å²) in [5.74, 6) is -1.23. The molecule has 7 heteroatoms. The molecule has 4 rings (SSSR count). The van der Waals surface area contributed by atoms with Crippen molar-refractivity contribution < 1.29 is 18.8 Å². The van der Waals surface area contributed by atoms with Crippen molar-refractivity contribution in [2.24, 2.45) is 0 Å². The maximum atomic E-state index is 13.2. The van der Waals surface area contributed by atoms with E-state index in [0.717, 1.165) is 21.2 Å². The van der Waals surface area contributed by atoms with Crippen molar-refractivity contribution >= 4 is 28.6 Å². The Kier molecular flexibility index (Phi) is 5.42. The maximum Gasteiger partial charge on any atom is 0.325 e. The van der Waals surface area contributed by atoms with E-state index < -0.39 is 23.4 Å². The van der Waals surface area contributed by atoms with Crippen LogP contribution in [0.15, 0.2) is 66.7 Å². The predicted molar refractivity (Wildman–Crippen MR) is 115 cm³/mol. The minimum Gasteiger partial charge on any atom is -0.354 e. The average Bonchev–Trinajstić information content (AvgIpc) is 2.98. The molecule has 1 atom stereocenters. The minimum absolute atomic E-state index is 0.314. The Labute approximate surface area is 179 Å². The fourth-order valence-electron chi connectivity index (χ4n) is 3.88. The third-order valence-electron chi connectivity index (χ3n) is 5.55. The molecule has 1 fully saturated rings. The van der Waals surface area contributed by atoms with E-state index >= 15 is 0 Å². The molecule has 0 radical (unpaired) electrons. The second-order valence-electron chi connectivity index (χ2n) is 7.70. The topological polar surface area (TPSA) is 78.5 Å². The first-order valence-corrected chi connectivity index (χ1v) is 10.0. The molecule has 1 saturated heterocycles. The lowest BCUT2D eigenvalue weighted by atomic mass is 9.88. The average molecular weight is 419 g/mol. The number of carbonyl (C=O) groups excluding carboxylic acids is 3. The third-order valence-corrected chi connectivity index (χ3v) is 5.55. The van der Waals surface area contributed by atoms with Crippen molar-refractivity contribution in [2.45, 2.75) is 18.9 Å². The number of rotatable bonds is 6. The number of imide groups is 1. The summed E-state index contributed by atoms with van der Waals surface area (Å²) >= 11 is 0. The number of carbonyl (C=O) groups is 3. The lowest BCUT2D eigenvalue weighted by Crippen LogP contribution is -2.43. The van der Waals surface area contributed by atoms with Crippen LogP contribution < -0.4 is 10.6 Å². The summed E-state index contributed by atoms with van der Waals surface area (Å²) in [7, 11) is 0. The van der Waals surface area contributed by atoms with E-state index in [9.17, 15) is 18.8 Å². The molecule has 2 N–H and O–H groups in total. The molecule has 1 aliphatic heterocycles. The minimum atomic E-state index is -1.26. The maximum absolute atomic E-state index is 13.2. The largest absolute Gasteiger partial charge is 0.354 e. The van der Waals surface area contributed by atoms with E-state index in [1.807, 2.05) is 42.5 Å². The second-order valence-corrected chi connectivity index (χ2v) is 7.70. The molecule has 4 amide bonds. The number of urea groups is 1. The molecule has 3 aromatic rings. The number of hydrogen-bond donors (Lipinski definition) is 2. The summed E-state index contributed by atoms with van der Waals surface area (Å²) < 4.78 is 13.0.